The van der Waals surface area contributed by atoms with E-state index in [1.807, 2.05) is 30.3 Å². The highest BCUT2D eigenvalue weighted by molar-refractivity contribution is 6.02. The molecule has 0 unspecified atom stereocenters. The van der Waals surface area contributed by atoms with Gasteiger partial charge in [0.1, 0.15) is 0 Å². The Labute approximate surface area is 137 Å². The lowest BCUT2D eigenvalue weighted by Crippen LogP contribution is -2.24. The summed E-state index contributed by atoms with van der Waals surface area (Å²) in [6.07, 6.45) is 3.15. The second-order valence-electron chi connectivity index (χ2n) is 5.04. The largest absolute Gasteiger partial charge is 0.378 e. The highest BCUT2D eigenvalue weighted by atomic mass is 16.5. The van der Waals surface area contributed by atoms with E-state index in [1.54, 1.807) is 10.9 Å². The zero-order chi connectivity index (χ0) is 17.1. The molecule has 3 rings (SSSR count). The number of amides is 1. The van der Waals surface area contributed by atoms with Gasteiger partial charge in [0.15, 0.2) is 5.96 Å². The maximum atomic E-state index is 12.2. The molecule has 0 bridgehead atoms. The standard InChI is InChI=1S/C16H16N6O2/c1-24-9-14-11(15(23)21-16(17)18)8-20-22(14)13-6-2-5-12-10(13)4-3-7-19-12/h2-8H,9H2,1H3,(H4,17,18,21,23). The molecule has 1 amide bonds. The second-order valence-corrected chi connectivity index (χ2v) is 5.04. The van der Waals surface area contributed by atoms with Crippen molar-refractivity contribution in [2.75, 3.05) is 7.11 Å². The number of nitrogens with zero attached hydrogens (tertiary/aromatic N) is 4. The highest BCUT2D eigenvalue weighted by Gasteiger charge is 2.19. The van der Waals surface area contributed by atoms with Gasteiger partial charge >= 0.3 is 0 Å². The maximum absolute atomic E-state index is 12.2. The van der Waals surface area contributed by atoms with Crippen LogP contribution in [0.3, 0.4) is 0 Å². The lowest BCUT2D eigenvalue weighted by molar-refractivity contribution is 0.0997. The van der Waals surface area contributed by atoms with Crippen LogP contribution < -0.4 is 11.5 Å². The second kappa shape index (κ2) is 6.47. The molecule has 122 valence electrons. The van der Waals surface area contributed by atoms with E-state index in [1.165, 1.54) is 13.3 Å². The van der Waals surface area contributed by atoms with Gasteiger partial charge < -0.3 is 16.2 Å². The fourth-order valence-corrected chi connectivity index (χ4v) is 2.48. The first-order chi connectivity index (χ1) is 11.6. The van der Waals surface area contributed by atoms with Crippen molar-refractivity contribution in [2.45, 2.75) is 6.61 Å². The minimum absolute atomic E-state index is 0.178. The van der Waals surface area contributed by atoms with Crippen LogP contribution >= 0.6 is 0 Å². The van der Waals surface area contributed by atoms with Crippen LogP contribution in [0.15, 0.2) is 47.7 Å². The van der Waals surface area contributed by atoms with Crippen LogP contribution in [-0.4, -0.2) is 33.7 Å². The van der Waals surface area contributed by atoms with Crippen molar-refractivity contribution in [3.63, 3.8) is 0 Å². The van der Waals surface area contributed by atoms with Crippen LogP contribution in [-0.2, 0) is 11.3 Å². The quantitative estimate of drug-likeness (QED) is 0.545. The summed E-state index contributed by atoms with van der Waals surface area (Å²) < 4.78 is 6.86. The molecule has 2 aromatic heterocycles. The summed E-state index contributed by atoms with van der Waals surface area (Å²) in [5.41, 5.74) is 13.0. The Balaban J connectivity index is 2.19. The van der Waals surface area contributed by atoms with E-state index in [-0.39, 0.29) is 18.1 Å². The van der Waals surface area contributed by atoms with Gasteiger partial charge in [0.2, 0.25) is 0 Å². The van der Waals surface area contributed by atoms with Crippen LogP contribution in [0.25, 0.3) is 16.6 Å². The average molecular weight is 324 g/mol. The van der Waals surface area contributed by atoms with Crippen LogP contribution in [0.2, 0.25) is 0 Å². The normalized spacial score (nSPS) is 10.7. The molecule has 4 N–H and O–H groups in total. The molecule has 0 radical (unpaired) electrons. The minimum Gasteiger partial charge on any atom is -0.378 e. The fourth-order valence-electron chi connectivity index (χ4n) is 2.48. The number of rotatable bonds is 4. The van der Waals surface area contributed by atoms with Gasteiger partial charge in [-0.05, 0) is 24.3 Å². The first-order valence-corrected chi connectivity index (χ1v) is 7.15. The summed E-state index contributed by atoms with van der Waals surface area (Å²) in [5.74, 6) is -0.864. The molecule has 0 aliphatic carbocycles. The Hall–Kier alpha value is -3.26. The molecule has 0 saturated heterocycles. The molecule has 0 aliphatic rings. The molecule has 2 heterocycles. The monoisotopic (exact) mass is 324 g/mol. The van der Waals surface area contributed by atoms with E-state index in [0.29, 0.717) is 5.69 Å². The topological polar surface area (TPSA) is 121 Å². The molecule has 3 aromatic rings. The predicted molar refractivity (Wildman–Crippen MR) is 89.7 cm³/mol. The Morgan fingerprint density at radius 2 is 2.12 bits per heavy atom. The molecule has 0 aliphatic heterocycles. The van der Waals surface area contributed by atoms with Crippen molar-refractivity contribution in [3.05, 3.63) is 54.0 Å². The molecule has 0 spiro atoms. The van der Waals surface area contributed by atoms with Crippen molar-refractivity contribution in [3.8, 4) is 5.69 Å². The SMILES string of the molecule is COCc1c(C(=O)N=C(N)N)cnn1-c1cccc2ncccc12. The molecule has 8 nitrogen and oxygen atoms in total. The van der Waals surface area contributed by atoms with Crippen LogP contribution in [0.1, 0.15) is 16.1 Å². The molecular formula is C16H16N6O2. The van der Waals surface area contributed by atoms with E-state index < -0.39 is 5.91 Å². The minimum atomic E-state index is -0.563. The van der Waals surface area contributed by atoms with E-state index in [4.69, 9.17) is 16.2 Å². The molecule has 0 fully saturated rings. The summed E-state index contributed by atoms with van der Waals surface area (Å²) in [6, 6.07) is 9.46. The molecule has 0 atom stereocenters. The average Bonchev–Trinajstić information content (AvgIpc) is 2.98. The van der Waals surface area contributed by atoms with Crippen LogP contribution in [0.5, 0.6) is 0 Å². The third kappa shape index (κ3) is 2.82. The molecule has 1 aromatic carbocycles. The Morgan fingerprint density at radius 3 is 2.88 bits per heavy atom. The molecule has 24 heavy (non-hydrogen) atoms. The maximum Gasteiger partial charge on any atom is 0.283 e. The molecule has 0 saturated carbocycles. The van der Waals surface area contributed by atoms with Gasteiger partial charge in [-0.25, -0.2) is 4.68 Å². The zero-order valence-electron chi connectivity index (χ0n) is 13.0. The van der Waals surface area contributed by atoms with Gasteiger partial charge in [0.25, 0.3) is 5.91 Å². The predicted octanol–water partition coefficient (Wildman–Crippen LogP) is 0.981. The van der Waals surface area contributed by atoms with E-state index >= 15 is 0 Å². The number of hydrogen-bond donors (Lipinski definition) is 2. The first kappa shape index (κ1) is 15.6. The summed E-state index contributed by atoms with van der Waals surface area (Å²) in [4.78, 5) is 20.1. The number of hydrogen-bond acceptors (Lipinski definition) is 4. The van der Waals surface area contributed by atoms with Gasteiger partial charge in [0, 0.05) is 18.7 Å². The molecule has 8 heteroatoms. The number of aromatic nitrogens is 3. The third-order valence-electron chi connectivity index (χ3n) is 3.46. The number of ether oxygens (including phenoxy) is 1. The van der Waals surface area contributed by atoms with Gasteiger partial charge in [0.05, 0.1) is 35.3 Å². The Bertz CT molecular complexity index is 922. The number of methoxy groups -OCH3 is 1. The number of fused-ring (bicyclic) bond motifs is 1. The van der Waals surface area contributed by atoms with E-state index in [2.05, 4.69) is 15.1 Å². The van der Waals surface area contributed by atoms with E-state index in [9.17, 15) is 4.79 Å². The third-order valence-corrected chi connectivity index (χ3v) is 3.46. The van der Waals surface area contributed by atoms with Gasteiger partial charge in [-0.15, -0.1) is 0 Å². The molecular weight excluding hydrogens is 308 g/mol. The van der Waals surface area contributed by atoms with E-state index in [0.717, 1.165) is 16.6 Å². The summed E-state index contributed by atoms with van der Waals surface area (Å²) in [5, 5.41) is 5.22. The number of carbonyl (C=O) groups is 1. The highest BCUT2D eigenvalue weighted by Crippen LogP contribution is 2.23. The number of guanidine groups is 1. The smallest absolute Gasteiger partial charge is 0.283 e. The van der Waals surface area contributed by atoms with Crippen LogP contribution in [0.4, 0.5) is 0 Å². The van der Waals surface area contributed by atoms with Crippen molar-refractivity contribution < 1.29 is 9.53 Å². The van der Waals surface area contributed by atoms with Crippen molar-refractivity contribution >= 4 is 22.8 Å². The van der Waals surface area contributed by atoms with Crippen LogP contribution in [0, 0.1) is 0 Å². The summed E-state index contributed by atoms with van der Waals surface area (Å²) in [7, 11) is 1.54. The van der Waals surface area contributed by atoms with Gasteiger partial charge in [-0.1, -0.05) is 6.07 Å². The number of aliphatic imine (C=N–C) groups is 1. The van der Waals surface area contributed by atoms with Crippen molar-refractivity contribution in [1.82, 2.24) is 14.8 Å². The number of nitrogens with two attached hydrogens (primary N) is 2. The Morgan fingerprint density at radius 1 is 1.29 bits per heavy atom. The fraction of sp³-hybridized carbons (Fsp3) is 0.125. The van der Waals surface area contributed by atoms with Gasteiger partial charge in [-0.2, -0.15) is 10.1 Å². The lowest BCUT2D eigenvalue weighted by atomic mass is 10.1. The number of pyridine rings is 1. The zero-order valence-corrected chi connectivity index (χ0v) is 13.0. The Kier molecular flexibility index (Phi) is 4.21. The first-order valence-electron chi connectivity index (χ1n) is 7.15. The number of carbonyl (C=O) groups excluding carboxylic acids is 1. The van der Waals surface area contributed by atoms with Crippen molar-refractivity contribution in [2.24, 2.45) is 16.5 Å². The lowest BCUT2D eigenvalue weighted by Gasteiger charge is -2.10. The van der Waals surface area contributed by atoms with Gasteiger partial charge in [-0.3, -0.25) is 9.78 Å². The van der Waals surface area contributed by atoms with Crippen molar-refractivity contribution in [1.29, 1.82) is 0 Å². The summed E-state index contributed by atoms with van der Waals surface area (Å²) in [6.45, 7) is 0.178. The number of benzene rings is 1. The summed E-state index contributed by atoms with van der Waals surface area (Å²) >= 11 is 0.